The van der Waals surface area contributed by atoms with Gasteiger partial charge in [-0.2, -0.15) is 29.8 Å². The number of fused-ring (bicyclic) bond motifs is 2. The van der Waals surface area contributed by atoms with E-state index in [9.17, 15) is 48.8 Å². The summed E-state index contributed by atoms with van der Waals surface area (Å²) in [6.07, 6.45) is 7.59. The maximum absolute atomic E-state index is 12.4. The highest BCUT2D eigenvalue weighted by Gasteiger charge is 2.48. The minimum Gasteiger partial charge on any atom is -0.481 e. The van der Waals surface area contributed by atoms with Gasteiger partial charge in [-0.25, -0.2) is 0 Å². The third-order valence-electron chi connectivity index (χ3n) is 10.9. The standard InChI is InChI=1S/C40H56N2O15S3/c1-39(17-9-27-58(45,46)47)32-28-30(59(48,49)50)13-15-34(32)41(19-7-5-6-12-38(43)44)36(39)10-8-11-37-40(2,18-21-56-25-26-57-24-23-55-4)33-29-31(60(51,52)53)14-16-35(33)42(37)20-22-54-3/h8,10-11,13-16,28-29H,5-7,9,12,17-27H2,1-4H3,(H3-,43,44,45,46,47,48,49,50,51,52,53)/p+1. The Labute approximate surface area is 352 Å². The second-order valence-corrected chi connectivity index (χ2v) is 19.5. The second-order valence-electron chi connectivity index (χ2n) is 15.1. The number of ether oxygens (including phenoxy) is 4. The van der Waals surface area contributed by atoms with E-state index >= 15 is 0 Å². The van der Waals surface area contributed by atoms with Gasteiger partial charge in [0.2, 0.25) is 5.69 Å². The van der Waals surface area contributed by atoms with Crippen LogP contribution in [0, 0.1) is 0 Å². The Hall–Kier alpha value is -3.57. The Bertz CT molecular complexity index is 2270. The van der Waals surface area contributed by atoms with Crippen LogP contribution in [0.15, 0.2) is 70.1 Å². The van der Waals surface area contributed by atoms with Gasteiger partial charge in [-0.05, 0) is 87.9 Å². The molecule has 0 saturated heterocycles. The van der Waals surface area contributed by atoms with Crippen LogP contribution in [0.5, 0.6) is 0 Å². The molecule has 0 spiro atoms. The lowest BCUT2D eigenvalue weighted by Crippen LogP contribution is -2.33. The average Bonchev–Trinajstić information content (AvgIpc) is 3.53. The predicted octanol–water partition coefficient (Wildman–Crippen LogP) is 4.78. The highest BCUT2D eigenvalue weighted by Crippen LogP contribution is 2.51. The van der Waals surface area contributed by atoms with E-state index in [1.807, 2.05) is 35.5 Å². The van der Waals surface area contributed by atoms with Gasteiger partial charge < -0.3 is 29.0 Å². The van der Waals surface area contributed by atoms with Crippen molar-refractivity contribution in [1.82, 2.24) is 0 Å². The number of allylic oxidation sites excluding steroid dienone is 4. The quantitative estimate of drug-likeness (QED) is 0.0564. The Balaban J connectivity index is 1.86. The molecule has 0 aromatic heterocycles. The zero-order valence-corrected chi connectivity index (χ0v) is 36.9. The Morgan fingerprint density at radius 2 is 1.37 bits per heavy atom. The maximum Gasteiger partial charge on any atom is 0.303 e. The molecule has 2 atom stereocenters. The van der Waals surface area contributed by atoms with Gasteiger partial charge in [-0.15, -0.1) is 0 Å². The molecule has 4 rings (SSSR count). The van der Waals surface area contributed by atoms with Crippen LogP contribution in [0.4, 0.5) is 11.4 Å². The van der Waals surface area contributed by atoms with Crippen LogP contribution >= 0.6 is 0 Å². The van der Waals surface area contributed by atoms with Crippen LogP contribution < -0.4 is 4.90 Å². The minimum absolute atomic E-state index is 0.00144. The minimum atomic E-state index is -4.63. The molecule has 2 unspecified atom stereocenters. The lowest BCUT2D eigenvalue weighted by atomic mass is 9.75. The fourth-order valence-electron chi connectivity index (χ4n) is 7.88. The van der Waals surface area contributed by atoms with Gasteiger partial charge in [0.25, 0.3) is 30.4 Å². The fraction of sp³-hybridized carbons (Fsp3) is 0.550. The highest BCUT2D eigenvalue weighted by molar-refractivity contribution is 7.86. The first-order valence-electron chi connectivity index (χ1n) is 19.5. The maximum atomic E-state index is 12.4. The van der Waals surface area contributed by atoms with Crippen molar-refractivity contribution < 1.29 is 72.3 Å². The summed E-state index contributed by atoms with van der Waals surface area (Å²) < 4.78 is 127. The number of nitrogens with zero attached hydrogens (tertiary/aromatic N) is 2. The molecule has 2 aromatic carbocycles. The van der Waals surface area contributed by atoms with E-state index in [1.165, 1.54) is 24.3 Å². The molecule has 0 saturated carbocycles. The third-order valence-corrected chi connectivity index (χ3v) is 13.4. The number of benzene rings is 2. The SMILES string of the molecule is COCCOCCOCCC1(C)/C(=C\C=C\C2=[N+](CCCCCC(=O)O)c3ccc(S(=O)(=O)O)cc3C2(C)CCCS(=O)(=O)O)N(CCOC)c2ccc(S(=O)(=O)O)cc21. The number of carbonyl (C=O) groups is 1. The number of aliphatic carboxylic acids is 1. The monoisotopic (exact) mass is 901 g/mol. The van der Waals surface area contributed by atoms with Crippen molar-refractivity contribution >= 4 is 53.4 Å². The van der Waals surface area contributed by atoms with Crippen molar-refractivity contribution in [2.24, 2.45) is 0 Å². The van der Waals surface area contributed by atoms with E-state index < -0.39 is 52.9 Å². The van der Waals surface area contributed by atoms with Gasteiger partial charge in [-0.1, -0.05) is 6.08 Å². The first-order chi connectivity index (χ1) is 28.2. The number of carboxylic acid groups (broad SMARTS) is 1. The molecule has 20 heteroatoms. The van der Waals surface area contributed by atoms with E-state index in [4.69, 9.17) is 18.9 Å². The van der Waals surface area contributed by atoms with Gasteiger partial charge >= 0.3 is 5.97 Å². The molecular weight excluding hydrogens is 845 g/mol. The summed E-state index contributed by atoms with van der Waals surface area (Å²) in [7, 11) is -10.4. The second kappa shape index (κ2) is 21.0. The molecule has 0 aliphatic carbocycles. The van der Waals surface area contributed by atoms with Crippen LogP contribution in [0.2, 0.25) is 0 Å². The van der Waals surface area contributed by atoms with Crippen molar-refractivity contribution in [3.63, 3.8) is 0 Å². The summed E-state index contributed by atoms with van der Waals surface area (Å²) in [6, 6.07) is 8.64. The predicted molar refractivity (Wildman–Crippen MR) is 223 cm³/mol. The smallest absolute Gasteiger partial charge is 0.303 e. The van der Waals surface area contributed by atoms with E-state index in [-0.39, 0.29) is 35.7 Å². The van der Waals surface area contributed by atoms with E-state index in [1.54, 1.807) is 32.4 Å². The molecule has 2 aromatic rings. The van der Waals surface area contributed by atoms with Gasteiger partial charge in [0.1, 0.15) is 6.54 Å². The molecule has 0 radical (unpaired) electrons. The molecule has 2 aliphatic rings. The molecule has 17 nitrogen and oxygen atoms in total. The van der Waals surface area contributed by atoms with Crippen molar-refractivity contribution in [1.29, 1.82) is 0 Å². The summed E-state index contributed by atoms with van der Waals surface area (Å²) in [4.78, 5) is 12.6. The summed E-state index contributed by atoms with van der Waals surface area (Å²) >= 11 is 0. The first-order valence-corrected chi connectivity index (χ1v) is 24.0. The van der Waals surface area contributed by atoms with Crippen LogP contribution in [0.1, 0.15) is 69.9 Å². The lowest BCUT2D eigenvalue weighted by Gasteiger charge is -2.30. The van der Waals surface area contributed by atoms with Crippen molar-refractivity contribution in [3.8, 4) is 0 Å². The zero-order valence-electron chi connectivity index (χ0n) is 34.4. The topological polar surface area (TPSA) is 244 Å². The Kier molecular flexibility index (Phi) is 17.2. The Morgan fingerprint density at radius 3 is 1.98 bits per heavy atom. The lowest BCUT2D eigenvalue weighted by molar-refractivity contribution is -0.438. The van der Waals surface area contributed by atoms with Crippen molar-refractivity contribution in [2.75, 3.05) is 77.6 Å². The summed E-state index contributed by atoms with van der Waals surface area (Å²) in [5.74, 6) is -1.47. The molecule has 0 bridgehead atoms. The fourth-order valence-corrected chi connectivity index (χ4v) is 9.40. The van der Waals surface area contributed by atoms with Crippen LogP contribution in [0.3, 0.4) is 0 Å². The largest absolute Gasteiger partial charge is 0.481 e. The molecular formula is C40H57N2O15S3+. The highest BCUT2D eigenvalue weighted by atomic mass is 32.2. The molecule has 0 amide bonds. The zero-order chi connectivity index (χ0) is 44.4. The number of unbranched alkanes of at least 4 members (excludes halogenated alkanes) is 2. The third kappa shape index (κ3) is 12.5. The molecule has 60 heavy (non-hydrogen) atoms. The van der Waals surface area contributed by atoms with Gasteiger partial charge in [-0.3, -0.25) is 18.5 Å². The number of methoxy groups -OCH3 is 2. The molecule has 2 aliphatic heterocycles. The van der Waals surface area contributed by atoms with Gasteiger partial charge in [0.15, 0.2) is 5.71 Å². The number of carboxylic acids is 1. The van der Waals surface area contributed by atoms with Crippen molar-refractivity contribution in [3.05, 3.63) is 71.5 Å². The molecule has 4 N–H and O–H groups in total. The van der Waals surface area contributed by atoms with Crippen LogP contribution in [-0.4, -0.2) is 133 Å². The van der Waals surface area contributed by atoms with Gasteiger partial charge in [0, 0.05) is 74.7 Å². The summed E-state index contributed by atoms with van der Waals surface area (Å²) in [5.41, 5.74) is 1.93. The Morgan fingerprint density at radius 1 is 0.750 bits per heavy atom. The number of anilines is 1. The van der Waals surface area contributed by atoms with Crippen LogP contribution in [-0.2, 0) is 64.9 Å². The number of hydrogen-bond acceptors (Lipinski definition) is 12. The van der Waals surface area contributed by atoms with Crippen molar-refractivity contribution in [2.45, 2.75) is 79.4 Å². The molecule has 2 heterocycles. The average molecular weight is 902 g/mol. The number of rotatable bonds is 26. The number of hydrogen-bond donors (Lipinski definition) is 4. The first kappa shape index (κ1) is 49.1. The van der Waals surface area contributed by atoms with E-state index in [0.29, 0.717) is 100 Å². The van der Waals surface area contributed by atoms with E-state index in [2.05, 4.69) is 0 Å². The summed E-state index contributed by atoms with van der Waals surface area (Å²) in [5, 5.41) is 9.18. The van der Waals surface area contributed by atoms with E-state index in [0.717, 1.165) is 5.70 Å². The normalized spacial score (nSPS) is 20.1. The molecule has 0 fully saturated rings. The molecule has 334 valence electrons. The van der Waals surface area contributed by atoms with Crippen LogP contribution in [0.25, 0.3) is 0 Å². The van der Waals surface area contributed by atoms with Gasteiger partial charge in [0.05, 0.1) is 54.0 Å². The summed E-state index contributed by atoms with van der Waals surface area (Å²) in [6.45, 7) is 6.56.